The molecule has 2 aromatic carbocycles. The van der Waals surface area contributed by atoms with Crippen LogP contribution in [-0.2, 0) is 9.53 Å². The van der Waals surface area contributed by atoms with E-state index in [1.165, 1.54) is 24.3 Å². The number of anilines is 2. The molecule has 1 saturated heterocycles. The van der Waals surface area contributed by atoms with Gasteiger partial charge in [-0.1, -0.05) is 6.07 Å². The van der Waals surface area contributed by atoms with E-state index in [0.717, 1.165) is 0 Å². The smallest absolute Gasteiger partial charge is 0.254 e. The Kier molecular flexibility index (Phi) is 5.80. The second kappa shape index (κ2) is 8.44. The van der Waals surface area contributed by atoms with Gasteiger partial charge in [0.1, 0.15) is 5.82 Å². The van der Waals surface area contributed by atoms with Gasteiger partial charge in [0, 0.05) is 30.0 Å². The number of hydrogen-bond donors (Lipinski definition) is 2. The molecule has 26 heavy (non-hydrogen) atoms. The van der Waals surface area contributed by atoms with E-state index in [9.17, 15) is 14.0 Å². The van der Waals surface area contributed by atoms with E-state index in [2.05, 4.69) is 10.6 Å². The van der Waals surface area contributed by atoms with Gasteiger partial charge in [0.15, 0.2) is 0 Å². The Morgan fingerprint density at radius 1 is 1.04 bits per heavy atom. The Labute approximate surface area is 150 Å². The van der Waals surface area contributed by atoms with Gasteiger partial charge in [-0.15, -0.1) is 0 Å². The zero-order valence-corrected chi connectivity index (χ0v) is 14.2. The van der Waals surface area contributed by atoms with Crippen molar-refractivity contribution in [2.24, 2.45) is 0 Å². The van der Waals surface area contributed by atoms with Gasteiger partial charge in [-0.05, 0) is 42.5 Å². The predicted molar refractivity (Wildman–Crippen MR) is 96.7 cm³/mol. The zero-order valence-electron chi connectivity index (χ0n) is 14.2. The summed E-state index contributed by atoms with van der Waals surface area (Å²) in [5, 5.41) is 5.66. The second-order valence-electron chi connectivity index (χ2n) is 5.89. The maximum Gasteiger partial charge on any atom is 0.254 e. The summed E-state index contributed by atoms with van der Waals surface area (Å²) in [4.78, 5) is 26.2. The molecular weight excluding hydrogens is 337 g/mol. The summed E-state index contributed by atoms with van der Waals surface area (Å²) in [6.07, 6.45) is 0. The summed E-state index contributed by atoms with van der Waals surface area (Å²) in [6.45, 7) is 2.29. The topological polar surface area (TPSA) is 70.7 Å². The van der Waals surface area contributed by atoms with E-state index in [-0.39, 0.29) is 24.2 Å². The fourth-order valence-electron chi connectivity index (χ4n) is 2.63. The quantitative estimate of drug-likeness (QED) is 0.862. The van der Waals surface area contributed by atoms with Crippen molar-refractivity contribution in [1.82, 2.24) is 4.90 Å². The Hall–Kier alpha value is -2.93. The molecule has 1 heterocycles. The molecule has 0 aliphatic carbocycles. The number of morpholine rings is 1. The number of hydrogen-bond acceptors (Lipinski definition) is 4. The number of carbonyl (C=O) groups excluding carboxylic acids is 2. The van der Waals surface area contributed by atoms with E-state index >= 15 is 0 Å². The third kappa shape index (κ3) is 4.80. The number of nitrogens with zero attached hydrogens (tertiary/aromatic N) is 1. The number of carbonyl (C=O) groups is 2. The Morgan fingerprint density at radius 2 is 1.77 bits per heavy atom. The average Bonchev–Trinajstić information content (AvgIpc) is 2.68. The Balaban J connectivity index is 1.55. The van der Waals surface area contributed by atoms with Gasteiger partial charge < -0.3 is 20.3 Å². The predicted octanol–water partition coefficient (Wildman–Crippen LogP) is 2.35. The van der Waals surface area contributed by atoms with Crippen molar-refractivity contribution < 1.29 is 18.7 Å². The van der Waals surface area contributed by atoms with E-state index < -0.39 is 0 Å². The first kappa shape index (κ1) is 17.9. The highest BCUT2D eigenvalue weighted by Crippen LogP contribution is 2.14. The Bertz CT molecular complexity index is 774. The van der Waals surface area contributed by atoms with Gasteiger partial charge in [-0.3, -0.25) is 9.59 Å². The number of nitrogens with one attached hydrogen (secondary N) is 2. The summed E-state index contributed by atoms with van der Waals surface area (Å²) in [6, 6.07) is 12.6. The van der Waals surface area contributed by atoms with Gasteiger partial charge in [0.25, 0.3) is 5.91 Å². The van der Waals surface area contributed by atoms with Gasteiger partial charge in [0.05, 0.1) is 19.8 Å². The van der Waals surface area contributed by atoms with Gasteiger partial charge in [-0.25, -0.2) is 4.39 Å². The molecule has 0 unspecified atom stereocenters. The molecule has 2 aromatic rings. The third-order valence-corrected chi connectivity index (χ3v) is 3.99. The molecule has 1 aliphatic rings. The lowest BCUT2D eigenvalue weighted by molar-refractivity contribution is -0.114. The molecule has 2 N–H and O–H groups in total. The van der Waals surface area contributed by atoms with Gasteiger partial charge in [0.2, 0.25) is 5.91 Å². The molecule has 1 aliphatic heterocycles. The van der Waals surface area contributed by atoms with Crippen molar-refractivity contribution in [3.05, 3.63) is 59.9 Å². The molecule has 0 spiro atoms. The van der Waals surface area contributed by atoms with Crippen molar-refractivity contribution in [1.29, 1.82) is 0 Å². The van der Waals surface area contributed by atoms with Crippen LogP contribution in [0.5, 0.6) is 0 Å². The lowest BCUT2D eigenvalue weighted by Crippen LogP contribution is -2.40. The molecule has 2 amide bonds. The summed E-state index contributed by atoms with van der Waals surface area (Å²) < 4.78 is 18.1. The van der Waals surface area contributed by atoms with E-state index in [0.29, 0.717) is 43.2 Å². The monoisotopic (exact) mass is 357 g/mol. The highest BCUT2D eigenvalue weighted by Gasteiger charge is 2.18. The summed E-state index contributed by atoms with van der Waals surface area (Å²) in [5.74, 6) is -0.669. The van der Waals surface area contributed by atoms with Crippen LogP contribution in [-0.4, -0.2) is 49.6 Å². The van der Waals surface area contributed by atoms with Crippen LogP contribution in [0.4, 0.5) is 15.8 Å². The number of ether oxygens (including phenoxy) is 1. The lowest BCUT2D eigenvalue weighted by atomic mass is 10.1. The fourth-order valence-corrected chi connectivity index (χ4v) is 2.63. The number of halogens is 1. The molecule has 3 rings (SSSR count). The summed E-state index contributed by atoms with van der Waals surface area (Å²) in [7, 11) is 0. The summed E-state index contributed by atoms with van der Waals surface area (Å²) >= 11 is 0. The van der Waals surface area contributed by atoms with E-state index in [1.54, 1.807) is 29.2 Å². The van der Waals surface area contributed by atoms with Crippen LogP contribution in [0.25, 0.3) is 0 Å². The molecule has 0 saturated carbocycles. The van der Waals surface area contributed by atoms with Crippen LogP contribution < -0.4 is 10.6 Å². The van der Waals surface area contributed by atoms with Crippen LogP contribution in [0.1, 0.15) is 10.4 Å². The molecule has 0 aromatic heterocycles. The van der Waals surface area contributed by atoms with Crippen LogP contribution in [0, 0.1) is 5.82 Å². The molecule has 0 radical (unpaired) electrons. The zero-order chi connectivity index (χ0) is 18.4. The highest BCUT2D eigenvalue weighted by molar-refractivity contribution is 5.96. The van der Waals surface area contributed by atoms with Crippen LogP contribution >= 0.6 is 0 Å². The number of amides is 2. The second-order valence-corrected chi connectivity index (χ2v) is 5.89. The summed E-state index contributed by atoms with van der Waals surface area (Å²) in [5.41, 5.74) is 1.77. The average molecular weight is 357 g/mol. The Morgan fingerprint density at radius 3 is 2.50 bits per heavy atom. The van der Waals surface area contributed by atoms with Crippen LogP contribution in [0.3, 0.4) is 0 Å². The molecule has 6 nitrogen and oxygen atoms in total. The highest BCUT2D eigenvalue weighted by atomic mass is 19.1. The van der Waals surface area contributed by atoms with Gasteiger partial charge >= 0.3 is 0 Å². The fraction of sp³-hybridized carbons (Fsp3) is 0.263. The molecule has 136 valence electrons. The first-order chi connectivity index (χ1) is 12.6. The number of rotatable bonds is 5. The molecule has 0 bridgehead atoms. The van der Waals surface area contributed by atoms with E-state index in [1.807, 2.05) is 0 Å². The van der Waals surface area contributed by atoms with Crippen molar-refractivity contribution in [2.45, 2.75) is 0 Å². The minimum absolute atomic E-state index is 0.0343. The first-order valence-corrected chi connectivity index (χ1v) is 8.38. The molecular formula is C19H20FN3O3. The van der Waals surface area contributed by atoms with Crippen molar-refractivity contribution in [3.63, 3.8) is 0 Å². The largest absolute Gasteiger partial charge is 0.378 e. The van der Waals surface area contributed by atoms with Crippen molar-refractivity contribution >= 4 is 23.2 Å². The standard InChI is InChI=1S/C19H20FN3O3/c20-15-4-6-16(7-5-15)22-18(24)13-21-17-3-1-2-14(12-17)19(25)23-8-10-26-11-9-23/h1-7,12,21H,8-11,13H2,(H,22,24). The van der Waals surface area contributed by atoms with E-state index in [4.69, 9.17) is 4.74 Å². The maximum absolute atomic E-state index is 12.9. The molecule has 1 fully saturated rings. The SMILES string of the molecule is O=C(CNc1cccc(C(=O)N2CCOCC2)c1)Nc1ccc(F)cc1. The van der Waals surface area contributed by atoms with Crippen molar-refractivity contribution in [3.8, 4) is 0 Å². The lowest BCUT2D eigenvalue weighted by Gasteiger charge is -2.27. The molecule has 7 heteroatoms. The maximum atomic E-state index is 12.9. The first-order valence-electron chi connectivity index (χ1n) is 8.38. The van der Waals surface area contributed by atoms with Crippen LogP contribution in [0.2, 0.25) is 0 Å². The molecule has 0 atom stereocenters. The minimum atomic E-state index is -0.358. The normalized spacial score (nSPS) is 14.0. The number of benzene rings is 2. The van der Waals surface area contributed by atoms with Crippen molar-refractivity contribution in [2.75, 3.05) is 43.5 Å². The van der Waals surface area contributed by atoms with Crippen LogP contribution in [0.15, 0.2) is 48.5 Å². The van der Waals surface area contributed by atoms with Gasteiger partial charge in [-0.2, -0.15) is 0 Å². The third-order valence-electron chi connectivity index (χ3n) is 3.99. The minimum Gasteiger partial charge on any atom is -0.378 e.